The van der Waals surface area contributed by atoms with Crippen molar-refractivity contribution in [3.63, 3.8) is 0 Å². The van der Waals surface area contributed by atoms with E-state index >= 15 is 0 Å². The molecule has 0 spiro atoms. The number of hydrogen-bond acceptors (Lipinski definition) is 2. The molecule has 0 aliphatic heterocycles. The summed E-state index contributed by atoms with van der Waals surface area (Å²) in [5, 5.41) is 5.46. The van der Waals surface area contributed by atoms with Gasteiger partial charge in [0.2, 0.25) is 0 Å². The Kier molecular flexibility index (Phi) is 5.45. The quantitative estimate of drug-likeness (QED) is 0.160. The summed E-state index contributed by atoms with van der Waals surface area (Å²) in [6, 6.07) is 48.8. The summed E-state index contributed by atoms with van der Waals surface area (Å²) in [7, 11) is 0. The van der Waals surface area contributed by atoms with Crippen LogP contribution in [-0.2, 0) is 6.37 Å². The van der Waals surface area contributed by atoms with E-state index in [9.17, 15) is 0 Å². The second-order valence-electron chi connectivity index (χ2n) is 13.8. The average molecular weight is 727 g/mol. The van der Waals surface area contributed by atoms with Crippen molar-refractivity contribution in [1.82, 2.24) is 9.55 Å². The Bertz CT molecular complexity index is 3780. The number of furan rings is 1. The predicted octanol–water partition coefficient (Wildman–Crippen LogP) is 14.5. The van der Waals surface area contributed by atoms with Crippen LogP contribution in [0.2, 0.25) is 0 Å². The topological polar surface area (TPSA) is 31.0 Å². The lowest BCUT2D eigenvalue weighted by Gasteiger charge is -2.20. The van der Waals surface area contributed by atoms with Crippen LogP contribution in [0.15, 0.2) is 192 Å². The summed E-state index contributed by atoms with van der Waals surface area (Å²) < 4.78 is 92.9. The fraction of sp³-hybridized carbons (Fsp3) is 0.0377. The second-order valence-corrected chi connectivity index (χ2v) is 13.8. The van der Waals surface area contributed by atoms with Crippen LogP contribution in [0.5, 0.6) is 0 Å². The Morgan fingerprint density at radius 3 is 2.11 bits per heavy atom. The van der Waals surface area contributed by atoms with E-state index in [0.29, 0.717) is 22.3 Å². The molecule has 0 saturated carbocycles. The summed E-state index contributed by atoms with van der Waals surface area (Å²) in [6.07, 6.45) is -2.76. The monoisotopic (exact) mass is 726 g/mol. The van der Waals surface area contributed by atoms with Gasteiger partial charge in [-0.3, -0.25) is 4.57 Å². The van der Waals surface area contributed by atoms with E-state index in [4.69, 9.17) is 18.1 Å². The Morgan fingerprint density at radius 2 is 1.23 bits per heavy atom. The van der Waals surface area contributed by atoms with Gasteiger partial charge < -0.3 is 4.42 Å². The molecule has 0 radical (unpaired) electrons. The molecule has 0 atom stereocenters. The fourth-order valence-electron chi connectivity index (χ4n) is 8.36. The molecule has 3 heteroatoms. The van der Waals surface area contributed by atoms with Crippen LogP contribution < -0.4 is 0 Å². The van der Waals surface area contributed by atoms with Gasteiger partial charge in [0.05, 0.1) is 17.9 Å². The van der Waals surface area contributed by atoms with Crippen molar-refractivity contribution in [3.8, 4) is 50.2 Å². The number of para-hydroxylation sites is 3. The molecule has 0 amide bonds. The van der Waals surface area contributed by atoms with Gasteiger partial charge in [-0.1, -0.05) is 146 Å². The zero-order valence-electron chi connectivity index (χ0n) is 39.8. The lowest BCUT2D eigenvalue weighted by Crippen LogP contribution is -2.00. The fourth-order valence-corrected chi connectivity index (χ4v) is 8.36. The first kappa shape index (κ1) is 23.5. The number of rotatable bonds is 6. The molecule has 9 aromatic carbocycles. The summed E-state index contributed by atoms with van der Waals surface area (Å²) in [4.78, 5) is 4.52. The van der Waals surface area contributed by atoms with Gasteiger partial charge >= 0.3 is 0 Å². The first-order chi connectivity index (χ1) is 31.7. The zero-order chi connectivity index (χ0) is 45.8. The van der Waals surface area contributed by atoms with Crippen LogP contribution in [0.4, 0.5) is 0 Å². The minimum Gasteiger partial charge on any atom is -0.456 e. The first-order valence-electron chi connectivity index (χ1n) is 23.4. The first-order valence-corrected chi connectivity index (χ1v) is 18.4. The molecule has 11 aromatic rings. The van der Waals surface area contributed by atoms with Gasteiger partial charge in [0.25, 0.3) is 0 Å². The summed E-state index contributed by atoms with van der Waals surface area (Å²) >= 11 is 0. The lowest BCUT2D eigenvalue weighted by molar-refractivity contribution is 0.669. The predicted molar refractivity (Wildman–Crippen MR) is 234 cm³/mol. The number of nitrogens with zero attached hydrogens (tertiary/aromatic N) is 2. The SMILES string of the molecule is [2H]c1c([2H])c([2H])c(-c2ccc3c(-c4cccc(-c5cccc(-n6c(C([2H])([2H])C([2H])([2H])[2H])nc7ccccc76)c5)c4)c4ccccc4c(-c4cccc5oc6ccccc6c45)c3c2)c([2H])c1[2H]. The van der Waals surface area contributed by atoms with Crippen molar-refractivity contribution >= 4 is 54.5 Å². The number of benzene rings is 9. The smallest absolute Gasteiger partial charge is 0.136 e. The standard InChI is InChI=1S/C53H36N2O/c1-2-50-54-46-25-9-10-26-47(46)55(50)39-20-13-18-36(32-39)35-17-12-19-38(31-35)51-40-21-6-7-22-41(40)52(45-33-37(29-30-42(45)51)34-15-4-3-5-16-34)44-24-14-28-49-53(44)43-23-8-11-27-48(43)56-49/h3-33H,2H2,1H3/i1D3,2D2,3D,4D,5D,15D,16D. The zero-order valence-corrected chi connectivity index (χ0v) is 29.8. The van der Waals surface area contributed by atoms with Crippen molar-refractivity contribution in [3.05, 3.63) is 194 Å². The van der Waals surface area contributed by atoms with Gasteiger partial charge in [-0.05, 0) is 115 Å². The molecule has 3 nitrogen and oxygen atoms in total. The molecule has 56 heavy (non-hydrogen) atoms. The van der Waals surface area contributed by atoms with E-state index in [-0.39, 0.29) is 23.5 Å². The number of hydrogen-bond donors (Lipinski definition) is 0. The number of aryl methyl sites for hydroxylation is 1. The highest BCUT2D eigenvalue weighted by atomic mass is 16.3. The van der Waals surface area contributed by atoms with Crippen molar-refractivity contribution in [2.45, 2.75) is 13.2 Å². The molecule has 0 unspecified atom stereocenters. The van der Waals surface area contributed by atoms with E-state index in [1.54, 1.807) is 22.8 Å². The summed E-state index contributed by atoms with van der Waals surface area (Å²) in [5.41, 5.74) is 8.95. The highest BCUT2D eigenvalue weighted by Gasteiger charge is 2.21. The molecule has 264 valence electrons. The molecule has 0 fully saturated rings. The van der Waals surface area contributed by atoms with Crippen LogP contribution in [0.3, 0.4) is 0 Å². The van der Waals surface area contributed by atoms with Gasteiger partial charge in [0, 0.05) is 29.7 Å². The van der Waals surface area contributed by atoms with Gasteiger partial charge in [-0.15, -0.1) is 0 Å². The highest BCUT2D eigenvalue weighted by Crippen LogP contribution is 2.48. The van der Waals surface area contributed by atoms with Gasteiger partial charge in [0.15, 0.2) is 0 Å². The van der Waals surface area contributed by atoms with E-state index in [1.807, 2.05) is 115 Å². The molecular formula is C53H36N2O. The van der Waals surface area contributed by atoms with Crippen LogP contribution in [0.25, 0.3) is 105 Å². The molecule has 0 bridgehead atoms. The molecular weight excluding hydrogens is 681 g/mol. The molecule has 0 aliphatic rings. The van der Waals surface area contributed by atoms with E-state index in [0.717, 1.165) is 76.9 Å². The maximum absolute atomic E-state index is 8.93. The normalized spacial score (nSPS) is 14.8. The molecule has 0 N–H and O–H groups in total. The Labute approximate surface area is 338 Å². The van der Waals surface area contributed by atoms with Gasteiger partial charge in [0.1, 0.15) is 17.0 Å². The van der Waals surface area contributed by atoms with Crippen LogP contribution in [0, 0.1) is 0 Å². The van der Waals surface area contributed by atoms with Crippen LogP contribution in [0.1, 0.15) is 26.4 Å². The third-order valence-electron chi connectivity index (χ3n) is 10.7. The Hall–Kier alpha value is -7.23. The average Bonchev–Trinajstić information content (AvgIpc) is 3.92. The summed E-state index contributed by atoms with van der Waals surface area (Å²) in [6.45, 7) is -2.98. The van der Waals surface area contributed by atoms with Crippen molar-refractivity contribution in [2.24, 2.45) is 0 Å². The molecule has 0 saturated heterocycles. The molecule has 2 aromatic heterocycles. The van der Waals surface area contributed by atoms with Crippen molar-refractivity contribution < 1.29 is 18.1 Å². The third kappa shape index (κ3) is 5.09. The Balaban J connectivity index is 1.17. The minimum atomic E-state index is -2.98. The minimum absolute atomic E-state index is 0.109. The van der Waals surface area contributed by atoms with E-state index in [1.165, 1.54) is 0 Å². The number of aromatic nitrogens is 2. The number of imidazole rings is 1. The summed E-state index contributed by atoms with van der Waals surface area (Å²) in [5.74, 6) is -0.213. The van der Waals surface area contributed by atoms with E-state index < -0.39 is 31.4 Å². The highest BCUT2D eigenvalue weighted by molar-refractivity contribution is 6.26. The third-order valence-corrected chi connectivity index (χ3v) is 10.7. The molecule has 11 rings (SSSR count). The maximum Gasteiger partial charge on any atom is 0.136 e. The maximum atomic E-state index is 8.93. The molecule has 2 heterocycles. The van der Waals surface area contributed by atoms with Gasteiger partial charge in [-0.2, -0.15) is 0 Å². The van der Waals surface area contributed by atoms with Crippen LogP contribution >= 0.6 is 0 Å². The largest absolute Gasteiger partial charge is 0.456 e. The van der Waals surface area contributed by atoms with Crippen molar-refractivity contribution in [1.29, 1.82) is 0 Å². The second kappa shape index (κ2) is 13.0. The van der Waals surface area contributed by atoms with Gasteiger partial charge in [-0.25, -0.2) is 4.98 Å². The number of fused-ring (bicyclic) bond motifs is 6. The molecule has 0 aliphatic carbocycles. The van der Waals surface area contributed by atoms with Crippen LogP contribution in [-0.4, -0.2) is 9.55 Å². The van der Waals surface area contributed by atoms with Crippen molar-refractivity contribution in [2.75, 3.05) is 0 Å². The lowest BCUT2D eigenvalue weighted by atomic mass is 9.83. The Morgan fingerprint density at radius 1 is 0.554 bits per heavy atom. The van der Waals surface area contributed by atoms with E-state index in [2.05, 4.69) is 29.2 Å².